The number of rotatable bonds is 2. The zero-order valence-corrected chi connectivity index (χ0v) is 11.5. The molecule has 0 radical (unpaired) electrons. The largest absolute Gasteiger partial charge is 0.363 e. The lowest BCUT2D eigenvalue weighted by atomic mass is 10.2. The van der Waals surface area contributed by atoms with Crippen LogP contribution in [0.25, 0.3) is 0 Å². The van der Waals surface area contributed by atoms with Gasteiger partial charge in [-0.05, 0) is 17.7 Å². The average molecular weight is 298 g/mol. The molecule has 1 aromatic rings. The van der Waals surface area contributed by atoms with Gasteiger partial charge in [-0.25, -0.2) is 0 Å². The fourth-order valence-corrected chi connectivity index (χ4v) is 2.74. The predicted molar refractivity (Wildman–Crippen MR) is 75.3 cm³/mol. The van der Waals surface area contributed by atoms with Gasteiger partial charge in [-0.1, -0.05) is 41.0 Å². The Morgan fingerprint density at radius 3 is 2.81 bits per heavy atom. The molecular formula is C10H11Cl3N2S. The van der Waals surface area contributed by atoms with E-state index in [-0.39, 0.29) is 12.4 Å². The number of halogens is 3. The van der Waals surface area contributed by atoms with Crippen molar-refractivity contribution in [3.05, 3.63) is 33.8 Å². The monoisotopic (exact) mass is 296 g/mol. The van der Waals surface area contributed by atoms with E-state index in [1.165, 1.54) is 0 Å². The first kappa shape index (κ1) is 14.0. The Morgan fingerprint density at radius 2 is 2.19 bits per heavy atom. The van der Waals surface area contributed by atoms with E-state index in [0.29, 0.717) is 10.0 Å². The van der Waals surface area contributed by atoms with Gasteiger partial charge in [0.2, 0.25) is 0 Å². The molecule has 0 saturated heterocycles. The van der Waals surface area contributed by atoms with Crippen molar-refractivity contribution in [2.24, 2.45) is 4.99 Å². The van der Waals surface area contributed by atoms with Crippen LogP contribution in [0.2, 0.25) is 10.0 Å². The molecule has 0 spiro atoms. The minimum atomic E-state index is 0. The van der Waals surface area contributed by atoms with Gasteiger partial charge >= 0.3 is 0 Å². The molecule has 2 nitrogen and oxygen atoms in total. The summed E-state index contributed by atoms with van der Waals surface area (Å²) < 4.78 is 0. The second kappa shape index (κ2) is 6.60. The molecule has 1 aromatic carbocycles. The topological polar surface area (TPSA) is 24.4 Å². The fraction of sp³-hybridized carbons (Fsp3) is 0.300. The third-order valence-electron chi connectivity index (χ3n) is 2.02. The molecule has 0 aliphatic carbocycles. The van der Waals surface area contributed by atoms with Gasteiger partial charge in [0.1, 0.15) is 0 Å². The van der Waals surface area contributed by atoms with E-state index in [0.717, 1.165) is 29.6 Å². The number of amidine groups is 1. The van der Waals surface area contributed by atoms with Gasteiger partial charge in [0.15, 0.2) is 5.17 Å². The molecule has 0 fully saturated rings. The fourth-order valence-electron chi connectivity index (χ4n) is 1.26. The lowest BCUT2D eigenvalue weighted by Gasteiger charge is -2.04. The normalized spacial score (nSPS) is 14.0. The van der Waals surface area contributed by atoms with Crippen LogP contribution < -0.4 is 5.32 Å². The van der Waals surface area contributed by atoms with Crippen LogP contribution >= 0.6 is 47.4 Å². The highest BCUT2D eigenvalue weighted by Gasteiger charge is 2.07. The third-order valence-corrected chi connectivity index (χ3v) is 3.61. The molecule has 0 saturated carbocycles. The van der Waals surface area contributed by atoms with Crippen LogP contribution in [0, 0.1) is 0 Å². The smallest absolute Gasteiger partial charge is 0.157 e. The molecule has 0 aromatic heterocycles. The summed E-state index contributed by atoms with van der Waals surface area (Å²) in [5.41, 5.74) is 1.09. The van der Waals surface area contributed by atoms with Crippen LogP contribution in [0.1, 0.15) is 5.56 Å². The molecule has 2 rings (SSSR count). The van der Waals surface area contributed by atoms with Gasteiger partial charge in [-0.15, -0.1) is 12.4 Å². The number of hydrogen-bond acceptors (Lipinski definition) is 3. The molecule has 16 heavy (non-hydrogen) atoms. The Kier molecular flexibility index (Phi) is 5.76. The summed E-state index contributed by atoms with van der Waals surface area (Å²) in [6.07, 6.45) is 0. The van der Waals surface area contributed by atoms with Gasteiger partial charge in [-0.3, -0.25) is 4.99 Å². The van der Waals surface area contributed by atoms with Crippen molar-refractivity contribution in [2.45, 2.75) is 5.75 Å². The van der Waals surface area contributed by atoms with Gasteiger partial charge in [0.25, 0.3) is 0 Å². The first-order valence-corrected chi connectivity index (χ1v) is 6.35. The summed E-state index contributed by atoms with van der Waals surface area (Å²) in [6, 6.07) is 5.57. The van der Waals surface area contributed by atoms with Gasteiger partial charge in [0, 0.05) is 22.3 Å². The first-order valence-electron chi connectivity index (χ1n) is 4.61. The summed E-state index contributed by atoms with van der Waals surface area (Å²) >= 11 is 13.5. The van der Waals surface area contributed by atoms with Crippen molar-refractivity contribution in [3.63, 3.8) is 0 Å². The Morgan fingerprint density at radius 1 is 1.38 bits per heavy atom. The van der Waals surface area contributed by atoms with Gasteiger partial charge in [-0.2, -0.15) is 0 Å². The van der Waals surface area contributed by atoms with Crippen molar-refractivity contribution >= 4 is 52.5 Å². The molecule has 1 aliphatic rings. The highest BCUT2D eigenvalue weighted by atomic mass is 35.5. The van der Waals surface area contributed by atoms with Crippen molar-refractivity contribution in [1.82, 2.24) is 5.32 Å². The summed E-state index contributed by atoms with van der Waals surface area (Å²) in [5.74, 6) is 0.821. The van der Waals surface area contributed by atoms with E-state index in [4.69, 9.17) is 23.2 Å². The van der Waals surface area contributed by atoms with E-state index in [1.54, 1.807) is 17.8 Å². The quantitative estimate of drug-likeness (QED) is 0.902. The molecule has 0 unspecified atom stereocenters. The minimum absolute atomic E-state index is 0. The SMILES string of the molecule is Cl.Clc1ccc(CSC2=NCCN2)c(Cl)c1. The van der Waals surface area contributed by atoms with E-state index in [1.807, 2.05) is 12.1 Å². The summed E-state index contributed by atoms with van der Waals surface area (Å²) in [5, 5.41) is 5.59. The van der Waals surface area contributed by atoms with E-state index in [9.17, 15) is 0 Å². The summed E-state index contributed by atoms with van der Waals surface area (Å²) in [4.78, 5) is 4.30. The highest BCUT2D eigenvalue weighted by molar-refractivity contribution is 8.13. The zero-order valence-electron chi connectivity index (χ0n) is 8.37. The van der Waals surface area contributed by atoms with Crippen LogP contribution in [-0.4, -0.2) is 18.3 Å². The highest BCUT2D eigenvalue weighted by Crippen LogP contribution is 2.25. The Balaban J connectivity index is 0.00000128. The summed E-state index contributed by atoms with van der Waals surface area (Å²) in [6.45, 7) is 1.81. The van der Waals surface area contributed by atoms with E-state index < -0.39 is 0 Å². The first-order chi connectivity index (χ1) is 7.25. The maximum absolute atomic E-state index is 6.06. The van der Waals surface area contributed by atoms with Crippen molar-refractivity contribution in [1.29, 1.82) is 0 Å². The molecule has 88 valence electrons. The molecule has 0 atom stereocenters. The van der Waals surface area contributed by atoms with Crippen LogP contribution in [0.4, 0.5) is 0 Å². The number of aliphatic imine (C=N–C) groups is 1. The Hall–Kier alpha value is -0.0900. The number of nitrogens with one attached hydrogen (secondary N) is 1. The predicted octanol–water partition coefficient (Wildman–Crippen LogP) is 3.61. The number of nitrogens with zero attached hydrogens (tertiary/aromatic N) is 1. The molecule has 1 aliphatic heterocycles. The third kappa shape index (κ3) is 3.74. The van der Waals surface area contributed by atoms with Crippen LogP contribution in [0.15, 0.2) is 23.2 Å². The van der Waals surface area contributed by atoms with E-state index in [2.05, 4.69) is 10.3 Å². The van der Waals surface area contributed by atoms with Crippen LogP contribution in [0.3, 0.4) is 0 Å². The van der Waals surface area contributed by atoms with Crippen LogP contribution in [0.5, 0.6) is 0 Å². The number of thioether (sulfide) groups is 1. The maximum atomic E-state index is 6.06. The summed E-state index contributed by atoms with van der Waals surface area (Å²) in [7, 11) is 0. The average Bonchev–Trinajstić information content (AvgIpc) is 2.69. The molecule has 1 N–H and O–H groups in total. The second-order valence-electron chi connectivity index (χ2n) is 3.14. The lowest BCUT2D eigenvalue weighted by Crippen LogP contribution is -2.15. The molecular weight excluding hydrogens is 287 g/mol. The molecule has 1 heterocycles. The van der Waals surface area contributed by atoms with Crippen molar-refractivity contribution in [3.8, 4) is 0 Å². The second-order valence-corrected chi connectivity index (χ2v) is 4.95. The molecule has 0 bridgehead atoms. The Bertz CT molecular complexity index is 396. The van der Waals surface area contributed by atoms with Crippen molar-refractivity contribution in [2.75, 3.05) is 13.1 Å². The molecule has 6 heteroatoms. The Labute approximate surface area is 115 Å². The standard InChI is InChI=1S/C10H10Cl2N2S.ClH/c11-8-2-1-7(9(12)5-8)6-15-10-13-3-4-14-10;/h1-2,5H,3-4,6H2,(H,13,14);1H. The number of benzene rings is 1. The maximum Gasteiger partial charge on any atom is 0.157 e. The lowest BCUT2D eigenvalue weighted by molar-refractivity contribution is 0.963. The van der Waals surface area contributed by atoms with Gasteiger partial charge < -0.3 is 5.32 Å². The number of hydrogen-bond donors (Lipinski definition) is 1. The van der Waals surface area contributed by atoms with Crippen LogP contribution in [-0.2, 0) is 5.75 Å². The zero-order chi connectivity index (χ0) is 10.7. The molecule has 0 amide bonds. The van der Waals surface area contributed by atoms with Gasteiger partial charge in [0.05, 0.1) is 6.54 Å². The van der Waals surface area contributed by atoms with Crippen molar-refractivity contribution < 1.29 is 0 Å². The minimum Gasteiger partial charge on any atom is -0.363 e. The van der Waals surface area contributed by atoms with E-state index >= 15 is 0 Å².